The van der Waals surface area contributed by atoms with Gasteiger partial charge < -0.3 is 10.1 Å². The van der Waals surface area contributed by atoms with E-state index >= 15 is 0 Å². The molecule has 100 valence electrons. The number of methoxy groups -OCH3 is 1. The van der Waals surface area contributed by atoms with Crippen molar-refractivity contribution < 1.29 is 9.53 Å². The largest absolute Gasteiger partial charge is 0.496 e. The molecule has 1 N–H and O–H groups in total. The summed E-state index contributed by atoms with van der Waals surface area (Å²) in [5.41, 5.74) is 0.438. The number of nitrogens with one attached hydrogen (secondary N) is 1. The highest BCUT2D eigenvalue weighted by atomic mass is 35.5. The van der Waals surface area contributed by atoms with E-state index < -0.39 is 0 Å². The zero-order valence-electron chi connectivity index (χ0n) is 10.5. The van der Waals surface area contributed by atoms with E-state index in [1.807, 2.05) is 6.92 Å². The number of rotatable bonds is 6. The highest BCUT2D eigenvalue weighted by Gasteiger charge is 2.12. The fourth-order valence-electron chi connectivity index (χ4n) is 1.50. The van der Waals surface area contributed by atoms with Crippen molar-refractivity contribution in [1.29, 1.82) is 0 Å². The molecule has 0 aliphatic carbocycles. The number of carbonyl (C=O) groups excluding carboxylic acids is 1. The van der Waals surface area contributed by atoms with Crippen molar-refractivity contribution in [3.63, 3.8) is 0 Å². The molecule has 0 aromatic heterocycles. The highest BCUT2D eigenvalue weighted by Crippen LogP contribution is 2.22. The number of benzene rings is 1. The van der Waals surface area contributed by atoms with Crippen LogP contribution in [0.2, 0.25) is 5.02 Å². The smallest absolute Gasteiger partial charge is 0.255 e. The minimum atomic E-state index is -0.200. The monoisotopic (exact) mass is 289 g/mol. The first-order chi connectivity index (χ1) is 8.58. The van der Waals surface area contributed by atoms with Crippen LogP contribution >= 0.6 is 23.2 Å². The molecule has 0 heterocycles. The van der Waals surface area contributed by atoms with Gasteiger partial charge in [0.15, 0.2) is 0 Å². The highest BCUT2D eigenvalue weighted by molar-refractivity contribution is 6.31. The molecule has 18 heavy (non-hydrogen) atoms. The van der Waals surface area contributed by atoms with Crippen molar-refractivity contribution in [2.45, 2.75) is 25.1 Å². The summed E-state index contributed by atoms with van der Waals surface area (Å²) in [6.45, 7) is 2.55. The maximum atomic E-state index is 12.0. The molecule has 0 saturated heterocycles. The van der Waals surface area contributed by atoms with Crippen LogP contribution in [0.1, 0.15) is 30.1 Å². The van der Waals surface area contributed by atoms with Crippen LogP contribution in [0, 0.1) is 0 Å². The van der Waals surface area contributed by atoms with E-state index in [1.165, 1.54) is 7.11 Å². The fraction of sp³-hybridized carbons (Fsp3) is 0.462. The second kappa shape index (κ2) is 7.49. The topological polar surface area (TPSA) is 38.3 Å². The maximum absolute atomic E-state index is 12.0. The molecule has 3 nitrogen and oxygen atoms in total. The average molecular weight is 290 g/mol. The third-order valence-corrected chi connectivity index (χ3v) is 3.35. The molecule has 1 rings (SSSR count). The lowest BCUT2D eigenvalue weighted by Crippen LogP contribution is -2.26. The van der Waals surface area contributed by atoms with Crippen LogP contribution in [0.25, 0.3) is 0 Å². The van der Waals surface area contributed by atoms with E-state index in [9.17, 15) is 4.79 Å². The van der Waals surface area contributed by atoms with Crippen molar-refractivity contribution in [1.82, 2.24) is 5.32 Å². The lowest BCUT2D eigenvalue weighted by atomic mass is 10.2. The standard InChI is InChI=1S/C13H17Cl2NO2/c1-3-9(14)6-7-16-13(17)11-8-10(15)4-5-12(11)18-2/h4-5,8-9H,3,6-7H2,1-2H3,(H,16,17). The van der Waals surface area contributed by atoms with Crippen LogP contribution in [-0.2, 0) is 0 Å². The van der Waals surface area contributed by atoms with Gasteiger partial charge in [-0.15, -0.1) is 11.6 Å². The third kappa shape index (κ3) is 4.39. The SMILES string of the molecule is CCC(Cl)CCNC(=O)c1cc(Cl)ccc1OC. The summed E-state index contributed by atoms with van der Waals surface area (Å²) in [4.78, 5) is 12.0. The molecule has 1 unspecified atom stereocenters. The Bertz CT molecular complexity index is 410. The van der Waals surface area contributed by atoms with Crippen LogP contribution < -0.4 is 10.1 Å². The van der Waals surface area contributed by atoms with E-state index in [0.717, 1.165) is 12.8 Å². The Kier molecular flexibility index (Phi) is 6.30. The van der Waals surface area contributed by atoms with Crippen molar-refractivity contribution >= 4 is 29.1 Å². The number of amides is 1. The molecule has 1 amide bonds. The van der Waals surface area contributed by atoms with Crippen molar-refractivity contribution in [3.05, 3.63) is 28.8 Å². The van der Waals surface area contributed by atoms with Gasteiger partial charge in [0.05, 0.1) is 12.7 Å². The molecule has 5 heteroatoms. The van der Waals surface area contributed by atoms with Gasteiger partial charge in [0.25, 0.3) is 5.91 Å². The van der Waals surface area contributed by atoms with E-state index in [4.69, 9.17) is 27.9 Å². The Balaban J connectivity index is 2.63. The molecule has 1 aromatic rings. The number of halogens is 2. The van der Waals surface area contributed by atoms with E-state index in [1.54, 1.807) is 18.2 Å². The number of ether oxygens (including phenoxy) is 1. The zero-order chi connectivity index (χ0) is 13.5. The van der Waals surface area contributed by atoms with Gasteiger partial charge in [-0.25, -0.2) is 0 Å². The molecule has 1 atom stereocenters. The van der Waals surface area contributed by atoms with E-state index in [-0.39, 0.29) is 11.3 Å². The molecule has 0 saturated carbocycles. The molecular weight excluding hydrogens is 273 g/mol. The van der Waals surface area contributed by atoms with Crippen molar-refractivity contribution in [2.75, 3.05) is 13.7 Å². The normalized spacial score (nSPS) is 12.0. The number of carbonyl (C=O) groups is 1. The number of alkyl halides is 1. The Morgan fingerprint density at radius 3 is 2.83 bits per heavy atom. The summed E-state index contributed by atoms with van der Waals surface area (Å²) in [5.74, 6) is 0.309. The van der Waals surface area contributed by atoms with E-state index in [0.29, 0.717) is 22.9 Å². The molecule has 0 fully saturated rings. The Morgan fingerprint density at radius 1 is 1.50 bits per heavy atom. The quantitative estimate of drug-likeness (QED) is 0.814. The first-order valence-corrected chi connectivity index (χ1v) is 6.65. The zero-order valence-corrected chi connectivity index (χ0v) is 12.0. The van der Waals surface area contributed by atoms with Crippen molar-refractivity contribution in [2.24, 2.45) is 0 Å². The van der Waals surface area contributed by atoms with Gasteiger partial charge in [-0.1, -0.05) is 18.5 Å². The lowest BCUT2D eigenvalue weighted by Gasteiger charge is -2.11. The first kappa shape index (κ1) is 15.1. The summed E-state index contributed by atoms with van der Waals surface area (Å²) in [6.07, 6.45) is 1.63. The summed E-state index contributed by atoms with van der Waals surface area (Å²) >= 11 is 11.8. The van der Waals surface area contributed by atoms with E-state index in [2.05, 4.69) is 5.32 Å². The van der Waals surface area contributed by atoms with Crippen LogP contribution in [-0.4, -0.2) is 24.9 Å². The first-order valence-electron chi connectivity index (χ1n) is 5.84. The van der Waals surface area contributed by atoms with Gasteiger partial charge >= 0.3 is 0 Å². The van der Waals surface area contributed by atoms with Crippen LogP contribution in [0.5, 0.6) is 5.75 Å². The molecule has 0 aliphatic rings. The van der Waals surface area contributed by atoms with Crippen LogP contribution in [0.4, 0.5) is 0 Å². The van der Waals surface area contributed by atoms with Gasteiger partial charge in [-0.2, -0.15) is 0 Å². The van der Waals surface area contributed by atoms with Gasteiger partial charge in [0.1, 0.15) is 5.75 Å². The Labute approximate surface area is 117 Å². The van der Waals surface area contributed by atoms with Gasteiger partial charge in [0, 0.05) is 16.9 Å². The summed E-state index contributed by atoms with van der Waals surface area (Å²) in [7, 11) is 1.52. The van der Waals surface area contributed by atoms with Gasteiger partial charge in [0.2, 0.25) is 0 Å². The minimum absolute atomic E-state index is 0.0894. The summed E-state index contributed by atoms with van der Waals surface area (Å²) < 4.78 is 5.12. The second-order valence-electron chi connectivity index (χ2n) is 3.89. The maximum Gasteiger partial charge on any atom is 0.255 e. The fourth-order valence-corrected chi connectivity index (χ4v) is 1.78. The summed E-state index contributed by atoms with van der Waals surface area (Å²) in [6, 6.07) is 4.95. The van der Waals surface area contributed by atoms with Crippen LogP contribution in [0.3, 0.4) is 0 Å². The van der Waals surface area contributed by atoms with Crippen molar-refractivity contribution in [3.8, 4) is 5.75 Å². The van der Waals surface area contributed by atoms with Gasteiger partial charge in [-0.05, 0) is 31.0 Å². The number of hydrogen-bond donors (Lipinski definition) is 1. The predicted octanol–water partition coefficient (Wildman–Crippen LogP) is 3.49. The third-order valence-electron chi connectivity index (χ3n) is 2.59. The Morgan fingerprint density at radius 2 is 2.22 bits per heavy atom. The minimum Gasteiger partial charge on any atom is -0.496 e. The van der Waals surface area contributed by atoms with Gasteiger partial charge in [-0.3, -0.25) is 4.79 Å². The Hall–Kier alpha value is -0.930. The second-order valence-corrected chi connectivity index (χ2v) is 4.95. The molecule has 0 bridgehead atoms. The molecule has 0 spiro atoms. The summed E-state index contributed by atoms with van der Waals surface area (Å²) in [5, 5.41) is 3.40. The molecule has 0 radical (unpaired) electrons. The predicted molar refractivity (Wildman–Crippen MR) is 74.9 cm³/mol. The lowest BCUT2D eigenvalue weighted by molar-refractivity contribution is 0.0950. The van der Waals surface area contributed by atoms with Crippen LogP contribution in [0.15, 0.2) is 18.2 Å². The molecule has 0 aliphatic heterocycles. The molecule has 1 aromatic carbocycles. The number of hydrogen-bond acceptors (Lipinski definition) is 2. The average Bonchev–Trinajstić information content (AvgIpc) is 2.38. The molecular formula is C13H17Cl2NO2.